The van der Waals surface area contributed by atoms with Gasteiger partial charge in [0.1, 0.15) is 12.2 Å². The minimum absolute atomic E-state index is 0.378. The van der Waals surface area contributed by atoms with Crippen molar-refractivity contribution in [3.8, 4) is 0 Å². The fourth-order valence-corrected chi connectivity index (χ4v) is 6.53. The van der Waals surface area contributed by atoms with Crippen LogP contribution < -0.4 is 0 Å². The molecule has 2 aliphatic rings. The highest BCUT2D eigenvalue weighted by atomic mass is 32.2. The van der Waals surface area contributed by atoms with E-state index in [4.69, 9.17) is 24.2 Å². The van der Waals surface area contributed by atoms with E-state index < -0.39 is 53.4 Å². The number of rotatable bonds is 7. The fourth-order valence-electron chi connectivity index (χ4n) is 1.89. The van der Waals surface area contributed by atoms with E-state index in [0.717, 1.165) is 11.8 Å². The van der Waals surface area contributed by atoms with Crippen molar-refractivity contribution >= 4 is 49.8 Å². The Hall–Kier alpha value is 0.620. The number of carbonyl (C=O) groups is 1. The van der Waals surface area contributed by atoms with E-state index in [9.17, 15) is 23.4 Å². The number of hydrogen-bond acceptors (Lipinski definition) is 10. The van der Waals surface area contributed by atoms with Crippen LogP contribution in [0.3, 0.4) is 0 Å². The van der Waals surface area contributed by atoms with Crippen molar-refractivity contribution in [2.75, 3.05) is 6.61 Å². The number of carbonyl (C=O) groups excluding carboxylic acids is 1. The van der Waals surface area contributed by atoms with Crippen LogP contribution in [0.1, 0.15) is 0 Å². The van der Waals surface area contributed by atoms with Gasteiger partial charge in [0.05, 0.1) is 17.7 Å². The minimum atomic E-state index is -5.58. The molecule has 2 rings (SSSR count). The Labute approximate surface area is 141 Å². The molecule has 0 aliphatic carbocycles. The second-order valence-corrected chi connectivity index (χ2v) is 10.6. The van der Waals surface area contributed by atoms with Crippen LogP contribution in [-0.2, 0) is 36.3 Å². The first-order chi connectivity index (χ1) is 10.8. The Morgan fingerprint density at radius 3 is 2.33 bits per heavy atom. The molecular weight excluding hydrogens is 436 g/mol. The molecule has 2 heterocycles. The molecule has 13 nitrogen and oxygen atoms in total. The van der Waals surface area contributed by atoms with Crippen LogP contribution in [0.25, 0.3) is 0 Å². The Morgan fingerprint density at radius 2 is 1.75 bits per heavy atom. The zero-order valence-electron chi connectivity index (χ0n) is 11.3. The summed E-state index contributed by atoms with van der Waals surface area (Å²) in [6.07, 6.45) is -1.72. The summed E-state index contributed by atoms with van der Waals surface area (Å²) in [4.78, 5) is 46.4. The molecule has 7 atom stereocenters. The Bertz CT molecular complexity index is 646. The molecule has 4 N–H and O–H groups in total. The molecule has 0 aromatic carbocycles. The molecule has 0 saturated carbocycles. The maximum absolute atomic E-state index is 11.6. The van der Waals surface area contributed by atoms with Crippen molar-refractivity contribution in [3.05, 3.63) is 0 Å². The monoisotopic (exact) mass is 448 g/mol. The van der Waals surface area contributed by atoms with Crippen LogP contribution >= 0.6 is 44.5 Å². The molecule has 2 aliphatic heterocycles. The number of thioether (sulfide) groups is 1. The first kappa shape index (κ1) is 20.9. The van der Waals surface area contributed by atoms with Crippen LogP contribution in [0.15, 0.2) is 0 Å². The fraction of sp³-hybridized carbons (Fsp3) is 0.833. The highest BCUT2D eigenvalue weighted by Crippen LogP contribution is 2.66. The number of hydrogen-bond donors (Lipinski definition) is 4. The van der Waals surface area contributed by atoms with Crippen molar-refractivity contribution in [2.24, 2.45) is 0 Å². The van der Waals surface area contributed by atoms with Crippen molar-refractivity contribution in [2.45, 2.75) is 23.3 Å². The van der Waals surface area contributed by atoms with Gasteiger partial charge in [0.25, 0.3) is 0 Å². The van der Waals surface area contributed by atoms with E-state index in [-0.39, 0.29) is 5.25 Å². The van der Waals surface area contributed by atoms with Gasteiger partial charge < -0.3 is 29.0 Å². The van der Waals surface area contributed by atoms with E-state index in [1.165, 1.54) is 0 Å². The summed E-state index contributed by atoms with van der Waals surface area (Å²) >= 11 is 0.881. The van der Waals surface area contributed by atoms with E-state index in [1.807, 2.05) is 0 Å². The van der Waals surface area contributed by atoms with E-state index >= 15 is 0 Å². The zero-order chi connectivity index (χ0) is 18.3. The molecule has 7 unspecified atom stereocenters. The highest BCUT2D eigenvalue weighted by Gasteiger charge is 2.52. The standard InChI is InChI=1S/C6H12O13P4S/c7-6-17-3-2(16-5(20)4(3)24-6)1-15-22(11,12)19-23(13,14)18-21(8,9)10/h2-5H,1,20H2,(H,11,12)(H,13,14)(H2,8,9,10). The van der Waals surface area contributed by atoms with Crippen molar-refractivity contribution in [1.82, 2.24) is 0 Å². The Balaban J connectivity index is 1.93. The third-order valence-corrected chi connectivity index (χ3v) is 8.38. The predicted molar refractivity (Wildman–Crippen MR) is 79.8 cm³/mol. The summed E-state index contributed by atoms with van der Waals surface area (Å²) in [5.41, 5.74) is 0. The Kier molecular flexibility index (Phi) is 6.39. The van der Waals surface area contributed by atoms with Crippen molar-refractivity contribution in [3.63, 3.8) is 0 Å². The van der Waals surface area contributed by atoms with Crippen LogP contribution in [0.5, 0.6) is 0 Å². The summed E-state index contributed by atoms with van der Waals surface area (Å²) in [5, 5.41) is -0.930. The van der Waals surface area contributed by atoms with Gasteiger partial charge in [-0.25, -0.2) is 18.5 Å². The summed E-state index contributed by atoms with van der Waals surface area (Å²) in [6, 6.07) is 0. The average Bonchev–Trinajstić information content (AvgIpc) is 2.82. The number of ether oxygens (including phenoxy) is 2. The van der Waals surface area contributed by atoms with Crippen LogP contribution in [0.2, 0.25) is 0 Å². The van der Waals surface area contributed by atoms with Gasteiger partial charge in [-0.1, -0.05) is 0 Å². The lowest BCUT2D eigenvalue weighted by Crippen LogP contribution is -2.30. The summed E-state index contributed by atoms with van der Waals surface area (Å²) in [7, 11) is -14.0. The van der Waals surface area contributed by atoms with Gasteiger partial charge in [-0.2, -0.15) is 8.62 Å². The van der Waals surface area contributed by atoms with Gasteiger partial charge in [0.2, 0.25) is 0 Å². The van der Waals surface area contributed by atoms with Crippen molar-refractivity contribution in [1.29, 1.82) is 0 Å². The molecule has 0 aromatic rings. The summed E-state index contributed by atoms with van der Waals surface area (Å²) in [6.45, 7) is -0.663. The quantitative estimate of drug-likeness (QED) is 0.311. The van der Waals surface area contributed by atoms with Gasteiger partial charge in [0, 0.05) is 0 Å². The van der Waals surface area contributed by atoms with Crippen molar-refractivity contribution < 1.29 is 60.7 Å². The Morgan fingerprint density at radius 1 is 1.12 bits per heavy atom. The first-order valence-corrected chi connectivity index (χ1v) is 11.9. The lowest BCUT2D eigenvalue weighted by Gasteiger charge is -2.19. The topological polar surface area (TPSA) is 195 Å². The summed E-state index contributed by atoms with van der Waals surface area (Å²) < 4.78 is 55.1. The number of phosphoric acid groups is 3. The van der Waals surface area contributed by atoms with E-state index in [1.54, 1.807) is 0 Å². The molecule has 140 valence electrons. The summed E-state index contributed by atoms with van der Waals surface area (Å²) in [5.74, 6) is -0.499. The minimum Gasteiger partial charge on any atom is -0.450 e. The average molecular weight is 448 g/mol. The molecule has 0 radical (unpaired) electrons. The van der Waals surface area contributed by atoms with Crippen LogP contribution in [-0.4, -0.2) is 54.8 Å². The lowest BCUT2D eigenvalue weighted by atomic mass is 10.2. The zero-order valence-corrected chi connectivity index (χ0v) is 16.0. The first-order valence-electron chi connectivity index (χ1n) is 5.85. The maximum atomic E-state index is 11.6. The largest absolute Gasteiger partial charge is 0.490 e. The molecule has 24 heavy (non-hydrogen) atoms. The van der Waals surface area contributed by atoms with Gasteiger partial charge in [-0.3, -0.25) is 4.52 Å². The maximum Gasteiger partial charge on any atom is 0.490 e. The van der Waals surface area contributed by atoms with E-state index in [0.29, 0.717) is 0 Å². The van der Waals surface area contributed by atoms with E-state index in [2.05, 4.69) is 22.4 Å². The normalized spacial score (nSPS) is 35.1. The van der Waals surface area contributed by atoms with Crippen LogP contribution in [0.4, 0.5) is 4.79 Å². The van der Waals surface area contributed by atoms with Gasteiger partial charge in [-0.15, -0.1) is 9.24 Å². The lowest BCUT2D eigenvalue weighted by molar-refractivity contribution is -0.00391. The smallest absolute Gasteiger partial charge is 0.450 e. The van der Waals surface area contributed by atoms with Crippen LogP contribution in [0, 0.1) is 0 Å². The second kappa shape index (κ2) is 7.32. The predicted octanol–water partition coefficient (Wildman–Crippen LogP) is 0.550. The highest BCUT2D eigenvalue weighted by molar-refractivity contribution is 8.14. The molecule has 0 aromatic heterocycles. The molecule has 2 saturated heterocycles. The molecular formula is C6H12O13P4S. The molecule has 18 heteroatoms. The third-order valence-electron chi connectivity index (χ3n) is 2.63. The SMILES string of the molecule is O=C1OC2C(COP(=O)(O)OP(=O)(O)OP(=O)(O)O)OC(P)C2S1. The van der Waals surface area contributed by atoms with Gasteiger partial charge in [0.15, 0.2) is 0 Å². The number of phosphoric ester groups is 1. The molecule has 0 amide bonds. The van der Waals surface area contributed by atoms with Gasteiger partial charge in [-0.05, 0) is 11.8 Å². The molecule has 0 bridgehead atoms. The molecule has 0 spiro atoms. The van der Waals surface area contributed by atoms with Gasteiger partial charge >= 0.3 is 28.8 Å². The second-order valence-electron chi connectivity index (χ2n) is 4.44. The third kappa shape index (κ3) is 5.82. The molecule has 2 fully saturated rings. The number of fused-ring (bicyclic) bond motifs is 1.